The highest BCUT2D eigenvalue weighted by molar-refractivity contribution is 5.05. The molecular weight excluding hydrogens is 547 g/mol. The van der Waals surface area contributed by atoms with Crippen molar-refractivity contribution in [1.82, 2.24) is 0 Å². The highest BCUT2D eigenvalue weighted by Crippen LogP contribution is 2.57. The van der Waals surface area contributed by atoms with Crippen molar-refractivity contribution in [3.8, 4) is 0 Å². The summed E-state index contributed by atoms with van der Waals surface area (Å²) < 4.78 is 265. The number of hydrogen-bond acceptors (Lipinski definition) is 1. The molecule has 0 aromatic rings. The summed E-state index contributed by atoms with van der Waals surface area (Å²) in [5.74, 6) is -46.7. The van der Waals surface area contributed by atoms with Gasteiger partial charge in [0.1, 0.15) is 6.61 Å². The van der Waals surface area contributed by atoms with Crippen molar-refractivity contribution in [2.45, 2.75) is 60.2 Å². The van der Waals surface area contributed by atoms with Crippen LogP contribution in [0.4, 0.5) is 92.2 Å². The third-order valence-electron chi connectivity index (χ3n) is 3.44. The molecule has 1 unspecified atom stereocenters. The molecule has 0 bridgehead atoms. The molecule has 33 heavy (non-hydrogen) atoms. The van der Waals surface area contributed by atoms with Gasteiger partial charge in [-0.2, -0.15) is 87.8 Å². The maximum atomic E-state index is 13.1. The molecule has 0 aliphatic carbocycles. The predicted octanol–water partition coefficient (Wildman–Crippen LogP) is 6.87. The lowest BCUT2D eigenvalue weighted by Crippen LogP contribution is -2.67. The summed E-state index contributed by atoms with van der Waals surface area (Å²) in [6.07, 6.45) is -28.9. The van der Waals surface area contributed by atoms with E-state index in [1.807, 2.05) is 4.74 Å². The molecule has 0 N–H and O–H groups in total. The summed E-state index contributed by atoms with van der Waals surface area (Å²) in [4.78, 5) is 0. The maximum Gasteiger partial charge on any atom is 0.460 e. The van der Waals surface area contributed by atoms with E-state index in [0.29, 0.717) is 0 Å². The first-order valence-electron chi connectivity index (χ1n) is 6.92. The Hall–Kier alpha value is -1.51. The highest BCUT2D eigenvalue weighted by atomic mass is 19.4. The second-order valence-electron chi connectivity index (χ2n) is 5.83. The van der Waals surface area contributed by atoms with E-state index in [4.69, 9.17) is 0 Å². The number of hydrogen-bond donors (Lipinski definition) is 0. The van der Waals surface area contributed by atoms with Crippen molar-refractivity contribution in [2.75, 3.05) is 6.61 Å². The first-order valence-corrected chi connectivity index (χ1v) is 6.92. The lowest BCUT2D eigenvalue weighted by molar-refractivity contribution is -0.430. The van der Waals surface area contributed by atoms with Crippen molar-refractivity contribution in [3.63, 3.8) is 0 Å². The molecule has 0 aromatic heterocycles. The lowest BCUT2D eigenvalue weighted by atomic mass is 9.99. The summed E-state index contributed by atoms with van der Waals surface area (Å²) in [5, 5.41) is 0. The van der Waals surface area contributed by atoms with E-state index >= 15 is 0 Å². The minimum Gasteiger partial charge on any atom is -0.311 e. The van der Waals surface area contributed by atoms with Gasteiger partial charge < -0.3 is 4.74 Å². The van der Waals surface area contributed by atoms with E-state index in [-0.39, 0.29) is 0 Å². The quantitative estimate of drug-likeness (QED) is 0.285. The minimum atomic E-state index is -8.14. The van der Waals surface area contributed by atoms with Gasteiger partial charge in [-0.3, -0.25) is 0 Å². The normalized spacial score (nSPS) is 17.4. The monoisotopic (exact) mass is 550 g/mol. The largest absolute Gasteiger partial charge is 0.460 e. The summed E-state index contributed by atoms with van der Waals surface area (Å²) in [6, 6.07) is 0. The molecule has 1 nitrogen and oxygen atoms in total. The first kappa shape index (κ1) is 31.5. The first-order chi connectivity index (χ1) is 13.9. The summed E-state index contributed by atoms with van der Waals surface area (Å²) in [7, 11) is 0. The van der Waals surface area contributed by atoms with Crippen LogP contribution in [0.2, 0.25) is 0 Å². The van der Waals surface area contributed by atoms with E-state index in [2.05, 4.69) is 0 Å². The van der Waals surface area contributed by atoms with Gasteiger partial charge in [0.05, 0.1) is 0 Å². The van der Waals surface area contributed by atoms with E-state index in [9.17, 15) is 92.2 Å². The second kappa shape index (κ2) is 8.02. The van der Waals surface area contributed by atoms with Crippen LogP contribution in [0, 0.1) is 0 Å². The molecule has 0 aliphatic rings. The molecule has 1 atom stereocenters. The van der Waals surface area contributed by atoms with Crippen molar-refractivity contribution in [3.05, 3.63) is 0 Å². The molecule has 22 heteroatoms. The Morgan fingerprint density at radius 3 is 1.06 bits per heavy atom. The molecule has 200 valence electrons. The molecule has 0 saturated heterocycles. The number of alkyl halides is 21. The standard InChI is InChI=1S/C11H3F21O/c12-2(4(15,16)7(21,22)9(25,26)11(30,31)32)5(17,18)33-1-3(13,14)6(19,20)8(23,24)10(27,28)29/h2H,1H2. The van der Waals surface area contributed by atoms with Crippen LogP contribution in [-0.2, 0) is 4.74 Å². The maximum absolute atomic E-state index is 13.1. The fourth-order valence-corrected chi connectivity index (χ4v) is 1.52. The van der Waals surface area contributed by atoms with Gasteiger partial charge in [0, 0.05) is 0 Å². The topological polar surface area (TPSA) is 9.23 Å². The fourth-order valence-electron chi connectivity index (χ4n) is 1.52. The van der Waals surface area contributed by atoms with E-state index in [0.717, 1.165) is 0 Å². The molecule has 0 aliphatic heterocycles. The molecular formula is C11H3F21O. The Morgan fingerprint density at radius 1 is 0.455 bits per heavy atom. The molecule has 0 radical (unpaired) electrons. The third kappa shape index (κ3) is 4.84. The van der Waals surface area contributed by atoms with Crippen molar-refractivity contribution >= 4 is 0 Å². The molecule has 0 fully saturated rings. The molecule has 0 rings (SSSR count). The Labute approximate surface area is 165 Å². The van der Waals surface area contributed by atoms with Crippen LogP contribution in [0.15, 0.2) is 0 Å². The van der Waals surface area contributed by atoms with Gasteiger partial charge in [-0.05, 0) is 0 Å². The molecule has 0 saturated carbocycles. The zero-order valence-electron chi connectivity index (χ0n) is 14.1. The van der Waals surface area contributed by atoms with Crippen LogP contribution in [0.1, 0.15) is 0 Å². The predicted molar refractivity (Wildman–Crippen MR) is 57.6 cm³/mol. The highest BCUT2D eigenvalue weighted by Gasteiger charge is 2.86. The van der Waals surface area contributed by atoms with Crippen molar-refractivity contribution < 1.29 is 96.9 Å². The van der Waals surface area contributed by atoms with E-state index < -0.39 is 66.8 Å². The summed E-state index contributed by atoms with van der Waals surface area (Å²) >= 11 is 0. The van der Waals surface area contributed by atoms with Crippen molar-refractivity contribution in [1.29, 1.82) is 0 Å². The SMILES string of the molecule is FC(C(F)(F)OCC(F)(F)C(F)(F)C(F)(F)C(F)(F)F)C(F)(F)C(F)(F)C(F)(F)C(F)(F)F. The van der Waals surface area contributed by atoms with Gasteiger partial charge >= 0.3 is 54.0 Å². The Balaban J connectivity index is 6.03. The smallest absolute Gasteiger partial charge is 0.311 e. The second-order valence-corrected chi connectivity index (χ2v) is 5.83. The van der Waals surface area contributed by atoms with Crippen LogP contribution in [0.5, 0.6) is 0 Å². The van der Waals surface area contributed by atoms with Crippen LogP contribution in [0.3, 0.4) is 0 Å². The fraction of sp³-hybridized carbons (Fsp3) is 1.00. The van der Waals surface area contributed by atoms with Crippen LogP contribution in [0.25, 0.3) is 0 Å². The molecule has 0 heterocycles. The van der Waals surface area contributed by atoms with Crippen LogP contribution >= 0.6 is 0 Å². The molecule has 0 amide bonds. The Bertz CT molecular complexity index is 683. The van der Waals surface area contributed by atoms with Gasteiger partial charge in [-0.1, -0.05) is 0 Å². The van der Waals surface area contributed by atoms with Gasteiger partial charge in [-0.25, -0.2) is 4.39 Å². The lowest BCUT2D eigenvalue weighted by Gasteiger charge is -2.37. The average Bonchev–Trinajstić information content (AvgIpc) is 2.56. The zero-order chi connectivity index (χ0) is 27.5. The number of ether oxygens (including phenoxy) is 1. The van der Waals surface area contributed by atoms with Gasteiger partial charge in [-0.15, -0.1) is 0 Å². The van der Waals surface area contributed by atoms with E-state index in [1.165, 1.54) is 0 Å². The Morgan fingerprint density at radius 2 is 0.758 bits per heavy atom. The Kier molecular flexibility index (Phi) is 7.66. The van der Waals surface area contributed by atoms with Gasteiger partial charge in [0.2, 0.25) is 0 Å². The van der Waals surface area contributed by atoms with Crippen molar-refractivity contribution in [2.24, 2.45) is 0 Å². The minimum absolute atomic E-state index is 1.95. The molecule has 0 aromatic carbocycles. The number of rotatable bonds is 9. The van der Waals surface area contributed by atoms with E-state index in [1.54, 1.807) is 0 Å². The zero-order valence-corrected chi connectivity index (χ0v) is 14.1. The molecule has 0 spiro atoms. The van der Waals surface area contributed by atoms with Crippen LogP contribution in [-0.4, -0.2) is 66.8 Å². The average molecular weight is 550 g/mol. The third-order valence-corrected chi connectivity index (χ3v) is 3.44. The number of halogens is 21. The summed E-state index contributed by atoms with van der Waals surface area (Å²) in [5.41, 5.74) is 0. The van der Waals surface area contributed by atoms with Gasteiger partial charge in [0.15, 0.2) is 0 Å². The summed E-state index contributed by atoms with van der Waals surface area (Å²) in [6.45, 7) is -4.28. The van der Waals surface area contributed by atoms with Gasteiger partial charge in [0.25, 0.3) is 6.17 Å². The van der Waals surface area contributed by atoms with Crippen LogP contribution < -0.4 is 0 Å².